The van der Waals surface area contributed by atoms with Gasteiger partial charge in [-0.2, -0.15) is 0 Å². The number of nitrogens with zero attached hydrogens (tertiary/aromatic N) is 1. The zero-order valence-corrected chi connectivity index (χ0v) is 19.0. The highest BCUT2D eigenvalue weighted by Crippen LogP contribution is 2.65. The van der Waals surface area contributed by atoms with Gasteiger partial charge in [-0.3, -0.25) is 14.4 Å². The Bertz CT molecular complexity index is 1280. The van der Waals surface area contributed by atoms with Crippen molar-refractivity contribution in [2.45, 2.75) is 6.42 Å². The largest absolute Gasteiger partial charge is 0.495 e. The zero-order valence-electron chi connectivity index (χ0n) is 18.3. The Kier molecular flexibility index (Phi) is 4.78. The Balaban J connectivity index is 1.22. The van der Waals surface area contributed by atoms with Gasteiger partial charge < -0.3 is 4.74 Å². The van der Waals surface area contributed by atoms with E-state index in [4.69, 9.17) is 16.3 Å². The summed E-state index contributed by atoms with van der Waals surface area (Å²) < 4.78 is 20.2. The highest BCUT2D eigenvalue weighted by molar-refractivity contribution is 6.32. The minimum Gasteiger partial charge on any atom is -0.495 e. The number of hydrogen-bond donors (Lipinski definition) is 0. The Morgan fingerprint density at radius 1 is 1.06 bits per heavy atom. The van der Waals surface area contributed by atoms with Crippen molar-refractivity contribution in [1.29, 1.82) is 0 Å². The summed E-state index contributed by atoms with van der Waals surface area (Å²) in [5.74, 6) is -0.704. The molecular weight excluding hydrogens is 457 g/mol. The van der Waals surface area contributed by atoms with Crippen molar-refractivity contribution < 1.29 is 23.5 Å². The van der Waals surface area contributed by atoms with Crippen LogP contribution in [0, 0.1) is 41.3 Å². The summed E-state index contributed by atoms with van der Waals surface area (Å²) in [6.07, 6.45) is 8.06. The first-order valence-electron chi connectivity index (χ1n) is 11.3. The van der Waals surface area contributed by atoms with Gasteiger partial charge in [-0.25, -0.2) is 9.29 Å². The molecule has 2 aromatic carbocycles. The summed E-state index contributed by atoms with van der Waals surface area (Å²) in [7, 11) is 1.49. The van der Waals surface area contributed by atoms with Crippen LogP contribution in [0.5, 0.6) is 5.75 Å². The standard InChI is InChI=1S/C27H21ClFNO4/c1-34-23-9-4-14(11-19(23)28)22(31)8-3-13-2-7-21(20(29)10-13)30-26(32)24-15-5-6-16(18-12-17(15)18)25(24)27(30)33/h2-11,15-18,24-25H,12H2,1H3/b8-3+/t15-,16+,17+,18-,24-,25+. The normalized spacial score (nSPS) is 30.6. The number of allylic oxidation sites excluding steroid dienone is 3. The molecule has 172 valence electrons. The Morgan fingerprint density at radius 3 is 2.32 bits per heavy atom. The van der Waals surface area contributed by atoms with Crippen LogP contribution in [0.1, 0.15) is 22.3 Å². The number of amides is 2. The lowest BCUT2D eigenvalue weighted by molar-refractivity contribution is -0.124. The van der Waals surface area contributed by atoms with Crippen LogP contribution in [-0.4, -0.2) is 24.7 Å². The molecule has 2 aromatic rings. The van der Waals surface area contributed by atoms with Crippen molar-refractivity contribution >= 4 is 41.0 Å². The second-order valence-corrected chi connectivity index (χ2v) is 9.83. The molecule has 7 rings (SSSR count). The predicted octanol–water partition coefficient (Wildman–Crippen LogP) is 4.94. The summed E-state index contributed by atoms with van der Waals surface area (Å²) >= 11 is 6.08. The molecule has 0 unspecified atom stereocenters. The smallest absolute Gasteiger partial charge is 0.238 e. The molecule has 1 aliphatic heterocycles. The fraction of sp³-hybridized carbons (Fsp3) is 0.296. The van der Waals surface area contributed by atoms with Gasteiger partial charge in [0.15, 0.2) is 5.78 Å². The van der Waals surface area contributed by atoms with Gasteiger partial charge in [0, 0.05) is 5.56 Å². The van der Waals surface area contributed by atoms with Gasteiger partial charge in [-0.05, 0) is 72.1 Å². The SMILES string of the molecule is COc1ccc(C(=O)/C=C/c2ccc(N3C(=O)[C@@H]4[C@@H]5C=C[C@@H]([C@H]6C[C@@H]56)[C@@H]4C3=O)c(F)c2)cc1Cl. The summed E-state index contributed by atoms with van der Waals surface area (Å²) in [5, 5.41) is 0.318. The molecule has 3 fully saturated rings. The fourth-order valence-corrected chi connectivity index (χ4v) is 6.35. The molecule has 4 aliphatic carbocycles. The van der Waals surface area contributed by atoms with E-state index in [1.54, 1.807) is 18.2 Å². The minimum atomic E-state index is -0.673. The topological polar surface area (TPSA) is 63.7 Å². The van der Waals surface area contributed by atoms with E-state index in [2.05, 4.69) is 12.2 Å². The number of carbonyl (C=O) groups is 3. The quantitative estimate of drug-likeness (QED) is 0.265. The van der Waals surface area contributed by atoms with Gasteiger partial charge in [0.25, 0.3) is 0 Å². The summed E-state index contributed by atoms with van der Waals surface area (Å²) in [6, 6.07) is 8.96. The van der Waals surface area contributed by atoms with Gasteiger partial charge in [0.05, 0.1) is 29.7 Å². The van der Waals surface area contributed by atoms with Crippen LogP contribution in [0.3, 0.4) is 0 Å². The van der Waals surface area contributed by atoms with Crippen LogP contribution < -0.4 is 9.64 Å². The molecule has 34 heavy (non-hydrogen) atoms. The molecule has 5 nitrogen and oxygen atoms in total. The molecular formula is C27H21ClFNO4. The van der Waals surface area contributed by atoms with Gasteiger partial charge in [-0.1, -0.05) is 35.9 Å². The van der Waals surface area contributed by atoms with Crippen molar-refractivity contribution in [2.75, 3.05) is 12.0 Å². The molecule has 6 atom stereocenters. The second kappa shape index (κ2) is 7.64. The van der Waals surface area contributed by atoms with Crippen LogP contribution in [-0.2, 0) is 9.59 Å². The lowest BCUT2D eigenvalue weighted by Crippen LogP contribution is -2.40. The third kappa shape index (κ3) is 3.08. The summed E-state index contributed by atoms with van der Waals surface area (Å²) in [4.78, 5) is 39.9. The van der Waals surface area contributed by atoms with E-state index in [-0.39, 0.29) is 47.0 Å². The molecule has 0 spiro atoms. The maximum Gasteiger partial charge on any atom is 0.238 e. The van der Waals surface area contributed by atoms with Crippen LogP contribution in [0.4, 0.5) is 10.1 Å². The van der Waals surface area contributed by atoms with E-state index in [0.717, 1.165) is 11.3 Å². The van der Waals surface area contributed by atoms with Crippen molar-refractivity contribution in [3.05, 3.63) is 76.6 Å². The maximum absolute atomic E-state index is 15.1. The Morgan fingerprint density at radius 2 is 1.74 bits per heavy atom. The van der Waals surface area contributed by atoms with Crippen LogP contribution in [0.25, 0.3) is 6.08 Å². The molecule has 5 aliphatic rings. The average Bonchev–Trinajstić information content (AvgIpc) is 3.61. The number of imide groups is 1. The average molecular weight is 478 g/mol. The molecule has 0 aromatic heterocycles. The molecule has 7 heteroatoms. The summed E-state index contributed by atoms with van der Waals surface area (Å²) in [6.45, 7) is 0. The lowest BCUT2D eigenvalue weighted by Gasteiger charge is -2.37. The Hall–Kier alpha value is -3.25. The number of carbonyl (C=O) groups excluding carboxylic acids is 3. The van der Waals surface area contributed by atoms with E-state index in [0.29, 0.717) is 33.7 Å². The van der Waals surface area contributed by atoms with Crippen molar-refractivity contribution in [3.63, 3.8) is 0 Å². The van der Waals surface area contributed by atoms with Crippen LogP contribution in [0.2, 0.25) is 5.02 Å². The van der Waals surface area contributed by atoms with E-state index < -0.39 is 5.82 Å². The third-order valence-corrected chi connectivity index (χ3v) is 8.03. The zero-order chi connectivity index (χ0) is 23.7. The first kappa shape index (κ1) is 21.3. The first-order chi connectivity index (χ1) is 16.4. The molecule has 0 N–H and O–H groups in total. The molecule has 2 saturated carbocycles. The fourth-order valence-electron chi connectivity index (χ4n) is 6.09. The van der Waals surface area contributed by atoms with Crippen molar-refractivity contribution in [2.24, 2.45) is 35.5 Å². The van der Waals surface area contributed by atoms with E-state index >= 15 is 4.39 Å². The lowest BCUT2D eigenvalue weighted by atomic mass is 9.63. The van der Waals surface area contributed by atoms with Crippen LogP contribution >= 0.6 is 11.6 Å². The monoisotopic (exact) mass is 477 g/mol. The number of methoxy groups -OCH3 is 1. The van der Waals surface area contributed by atoms with E-state index in [1.807, 2.05) is 0 Å². The number of ether oxygens (including phenoxy) is 1. The molecule has 2 bridgehead atoms. The Labute approximate surface area is 200 Å². The molecule has 2 amide bonds. The van der Waals surface area contributed by atoms with E-state index in [9.17, 15) is 14.4 Å². The number of benzene rings is 2. The minimum absolute atomic E-state index is 0.0251. The van der Waals surface area contributed by atoms with Gasteiger partial charge in [-0.15, -0.1) is 0 Å². The molecule has 1 saturated heterocycles. The highest BCUT2D eigenvalue weighted by Gasteiger charge is 2.67. The third-order valence-electron chi connectivity index (χ3n) is 7.74. The summed E-state index contributed by atoms with van der Waals surface area (Å²) in [5.41, 5.74) is 0.785. The van der Waals surface area contributed by atoms with Crippen molar-refractivity contribution in [1.82, 2.24) is 0 Å². The number of rotatable bonds is 5. The van der Waals surface area contributed by atoms with Gasteiger partial charge >= 0.3 is 0 Å². The van der Waals surface area contributed by atoms with Crippen molar-refractivity contribution in [3.8, 4) is 5.75 Å². The first-order valence-corrected chi connectivity index (χ1v) is 11.7. The predicted molar refractivity (Wildman–Crippen MR) is 125 cm³/mol. The number of hydrogen-bond acceptors (Lipinski definition) is 4. The van der Waals surface area contributed by atoms with Gasteiger partial charge in [0.1, 0.15) is 11.6 Å². The second-order valence-electron chi connectivity index (χ2n) is 9.42. The highest BCUT2D eigenvalue weighted by atomic mass is 35.5. The van der Waals surface area contributed by atoms with Gasteiger partial charge in [0.2, 0.25) is 11.8 Å². The van der Waals surface area contributed by atoms with E-state index in [1.165, 1.54) is 37.5 Å². The molecule has 1 heterocycles. The number of ketones is 1. The number of halogens is 2. The maximum atomic E-state index is 15.1. The number of anilines is 1. The molecule has 0 radical (unpaired) electrons. The van der Waals surface area contributed by atoms with Crippen LogP contribution in [0.15, 0.2) is 54.6 Å².